The first-order chi connectivity index (χ1) is 6.00. The van der Waals surface area contributed by atoms with Crippen LogP contribution in [0.25, 0.3) is 0 Å². The van der Waals surface area contributed by atoms with Gasteiger partial charge in [-0.1, -0.05) is 11.3 Å². The number of aromatic carboxylic acids is 1. The molecular formula is C6H5BrN2O3S. The standard InChI is InChI=1S/C6H5BrN2O3S/c1-2(10)8-4-3(5(11)12)9-6(7)13-4/h1H3,(H,8,10)(H,11,12). The second-order valence-corrected chi connectivity index (χ2v) is 4.41. The molecule has 1 aromatic heterocycles. The molecule has 0 spiro atoms. The van der Waals surface area contributed by atoms with Crippen LogP contribution in [0.1, 0.15) is 17.4 Å². The highest BCUT2D eigenvalue weighted by molar-refractivity contribution is 9.11. The van der Waals surface area contributed by atoms with Crippen LogP contribution in [-0.2, 0) is 4.79 Å². The van der Waals surface area contributed by atoms with Gasteiger partial charge >= 0.3 is 5.97 Å². The Kier molecular flexibility index (Phi) is 2.99. The molecule has 0 aliphatic heterocycles. The Hall–Kier alpha value is -0.950. The number of hydrogen-bond acceptors (Lipinski definition) is 4. The van der Waals surface area contributed by atoms with Crippen LogP contribution in [0.4, 0.5) is 5.00 Å². The van der Waals surface area contributed by atoms with Gasteiger partial charge in [0.15, 0.2) is 9.61 Å². The van der Waals surface area contributed by atoms with Gasteiger partial charge in [0.2, 0.25) is 5.91 Å². The van der Waals surface area contributed by atoms with E-state index in [9.17, 15) is 9.59 Å². The first-order valence-electron chi connectivity index (χ1n) is 3.18. The second-order valence-electron chi connectivity index (χ2n) is 2.13. The number of rotatable bonds is 2. The largest absolute Gasteiger partial charge is 0.476 e. The van der Waals surface area contributed by atoms with E-state index < -0.39 is 5.97 Å². The lowest BCUT2D eigenvalue weighted by Crippen LogP contribution is -2.08. The predicted molar refractivity (Wildman–Crippen MR) is 51.1 cm³/mol. The molecule has 0 saturated carbocycles. The molecular weight excluding hydrogens is 260 g/mol. The Morgan fingerprint density at radius 2 is 2.23 bits per heavy atom. The number of hydrogen-bond donors (Lipinski definition) is 2. The molecule has 0 unspecified atom stereocenters. The van der Waals surface area contributed by atoms with Crippen LogP contribution >= 0.6 is 27.3 Å². The SMILES string of the molecule is CC(=O)Nc1sc(Br)nc1C(=O)O. The van der Waals surface area contributed by atoms with Crippen molar-refractivity contribution in [2.45, 2.75) is 6.92 Å². The van der Waals surface area contributed by atoms with Gasteiger partial charge in [0.1, 0.15) is 5.00 Å². The number of carboxylic acids is 1. The van der Waals surface area contributed by atoms with E-state index in [1.165, 1.54) is 6.92 Å². The van der Waals surface area contributed by atoms with Gasteiger partial charge < -0.3 is 10.4 Å². The zero-order valence-corrected chi connectivity index (χ0v) is 8.90. The number of carbonyl (C=O) groups is 2. The molecule has 0 aliphatic rings. The number of amides is 1. The van der Waals surface area contributed by atoms with Gasteiger partial charge in [-0.15, -0.1) is 0 Å². The maximum absolute atomic E-state index is 10.7. The quantitative estimate of drug-likeness (QED) is 0.850. The number of carboxylic acid groups (broad SMARTS) is 1. The van der Waals surface area contributed by atoms with Crippen molar-refractivity contribution in [3.8, 4) is 0 Å². The summed E-state index contributed by atoms with van der Waals surface area (Å²) in [4.78, 5) is 24.9. The van der Waals surface area contributed by atoms with Gasteiger partial charge in [-0.05, 0) is 15.9 Å². The van der Waals surface area contributed by atoms with Crippen molar-refractivity contribution in [2.24, 2.45) is 0 Å². The first kappa shape index (κ1) is 10.1. The van der Waals surface area contributed by atoms with Crippen LogP contribution in [-0.4, -0.2) is 22.0 Å². The minimum Gasteiger partial charge on any atom is -0.476 e. The molecule has 0 radical (unpaired) electrons. The lowest BCUT2D eigenvalue weighted by atomic mass is 10.4. The molecule has 0 saturated heterocycles. The smallest absolute Gasteiger partial charge is 0.357 e. The van der Waals surface area contributed by atoms with E-state index in [1.54, 1.807) is 0 Å². The highest BCUT2D eigenvalue weighted by Gasteiger charge is 2.16. The Morgan fingerprint density at radius 3 is 2.69 bits per heavy atom. The third-order valence-electron chi connectivity index (χ3n) is 1.09. The molecule has 0 atom stereocenters. The van der Waals surface area contributed by atoms with Gasteiger partial charge in [-0.2, -0.15) is 0 Å². The normalized spacial score (nSPS) is 9.69. The topological polar surface area (TPSA) is 79.3 Å². The van der Waals surface area contributed by atoms with Crippen LogP contribution in [0, 0.1) is 0 Å². The van der Waals surface area contributed by atoms with Crippen molar-refractivity contribution in [1.82, 2.24) is 4.98 Å². The monoisotopic (exact) mass is 264 g/mol. The van der Waals surface area contributed by atoms with Crippen molar-refractivity contribution in [1.29, 1.82) is 0 Å². The Morgan fingerprint density at radius 1 is 1.62 bits per heavy atom. The molecule has 70 valence electrons. The number of nitrogens with one attached hydrogen (secondary N) is 1. The summed E-state index contributed by atoms with van der Waals surface area (Å²) in [7, 11) is 0. The molecule has 5 nitrogen and oxygen atoms in total. The highest BCUT2D eigenvalue weighted by Crippen LogP contribution is 2.28. The van der Waals surface area contributed by atoms with Crippen molar-refractivity contribution < 1.29 is 14.7 Å². The second kappa shape index (κ2) is 3.84. The summed E-state index contributed by atoms with van der Waals surface area (Å²) in [5.41, 5.74) is -0.146. The molecule has 1 amide bonds. The zero-order chi connectivity index (χ0) is 10.0. The minimum atomic E-state index is -1.16. The number of nitrogens with zero attached hydrogens (tertiary/aromatic N) is 1. The molecule has 0 aromatic carbocycles. The third-order valence-corrected chi connectivity index (χ3v) is 2.52. The van der Waals surface area contributed by atoms with Gasteiger partial charge in [0.05, 0.1) is 0 Å². The molecule has 1 rings (SSSR count). The zero-order valence-electron chi connectivity index (χ0n) is 6.50. The van der Waals surface area contributed by atoms with E-state index in [0.717, 1.165) is 11.3 Å². The molecule has 7 heteroatoms. The maximum Gasteiger partial charge on any atom is 0.357 e. The van der Waals surface area contributed by atoms with Crippen molar-refractivity contribution in [3.63, 3.8) is 0 Å². The summed E-state index contributed by atoms with van der Waals surface area (Å²) in [6.07, 6.45) is 0. The first-order valence-corrected chi connectivity index (χ1v) is 4.79. The molecule has 1 heterocycles. The number of halogens is 1. The van der Waals surface area contributed by atoms with E-state index in [2.05, 4.69) is 26.2 Å². The fourth-order valence-corrected chi connectivity index (χ4v) is 2.08. The molecule has 0 fully saturated rings. The Balaban J connectivity index is 3.04. The Bertz CT molecular complexity index is 363. The molecule has 2 N–H and O–H groups in total. The van der Waals surface area contributed by atoms with Crippen molar-refractivity contribution >= 4 is 44.1 Å². The molecule has 1 aromatic rings. The fourth-order valence-electron chi connectivity index (χ4n) is 0.684. The fraction of sp³-hybridized carbons (Fsp3) is 0.167. The van der Waals surface area contributed by atoms with E-state index in [1.807, 2.05) is 0 Å². The summed E-state index contributed by atoms with van der Waals surface area (Å²) in [6.45, 7) is 1.30. The van der Waals surface area contributed by atoms with Crippen LogP contribution < -0.4 is 5.32 Å². The maximum atomic E-state index is 10.7. The highest BCUT2D eigenvalue weighted by atomic mass is 79.9. The van der Waals surface area contributed by atoms with Crippen molar-refractivity contribution in [3.05, 3.63) is 9.61 Å². The summed E-state index contributed by atoms with van der Waals surface area (Å²) < 4.78 is 0.425. The number of thiazole rings is 1. The molecule has 13 heavy (non-hydrogen) atoms. The molecule has 0 bridgehead atoms. The molecule has 0 aliphatic carbocycles. The van der Waals surface area contributed by atoms with Gasteiger partial charge in [0, 0.05) is 6.92 Å². The van der Waals surface area contributed by atoms with E-state index in [4.69, 9.17) is 5.11 Å². The number of aromatic nitrogens is 1. The van der Waals surface area contributed by atoms with E-state index in [0.29, 0.717) is 3.92 Å². The predicted octanol–water partition coefficient (Wildman–Crippen LogP) is 1.56. The summed E-state index contributed by atoms with van der Waals surface area (Å²) in [5, 5.41) is 11.3. The number of carbonyl (C=O) groups excluding carboxylic acids is 1. The lowest BCUT2D eigenvalue weighted by Gasteiger charge is -1.96. The van der Waals surface area contributed by atoms with Crippen molar-refractivity contribution in [2.75, 3.05) is 5.32 Å². The minimum absolute atomic E-state index is 0.146. The average molecular weight is 265 g/mol. The van der Waals surface area contributed by atoms with Crippen LogP contribution in [0.3, 0.4) is 0 Å². The van der Waals surface area contributed by atoms with Gasteiger partial charge in [-0.25, -0.2) is 9.78 Å². The summed E-state index contributed by atoms with van der Waals surface area (Å²) >= 11 is 4.10. The Labute approximate surface area is 85.9 Å². The van der Waals surface area contributed by atoms with Crippen LogP contribution in [0.15, 0.2) is 3.92 Å². The van der Waals surface area contributed by atoms with Gasteiger partial charge in [0.25, 0.3) is 0 Å². The average Bonchev–Trinajstić information content (AvgIpc) is 2.29. The van der Waals surface area contributed by atoms with E-state index in [-0.39, 0.29) is 16.6 Å². The number of anilines is 1. The van der Waals surface area contributed by atoms with E-state index >= 15 is 0 Å². The summed E-state index contributed by atoms with van der Waals surface area (Å²) in [5.74, 6) is -1.48. The lowest BCUT2D eigenvalue weighted by molar-refractivity contribution is -0.114. The van der Waals surface area contributed by atoms with Crippen LogP contribution in [0.5, 0.6) is 0 Å². The van der Waals surface area contributed by atoms with Gasteiger partial charge in [-0.3, -0.25) is 4.79 Å². The summed E-state index contributed by atoms with van der Waals surface area (Å²) in [6, 6.07) is 0. The third kappa shape index (κ3) is 2.49. The van der Waals surface area contributed by atoms with Crippen LogP contribution in [0.2, 0.25) is 0 Å².